The molecular weight excluding hydrogens is 318 g/mol. The van der Waals surface area contributed by atoms with Crippen LogP contribution in [0.3, 0.4) is 0 Å². The van der Waals surface area contributed by atoms with E-state index < -0.39 is 17.4 Å². The minimum absolute atomic E-state index is 0.184. The van der Waals surface area contributed by atoms with E-state index in [1.165, 1.54) is 0 Å². The summed E-state index contributed by atoms with van der Waals surface area (Å²) < 4.78 is 4.86. The monoisotopic (exact) mass is 341 g/mol. The Balaban J connectivity index is 2.24. The first-order valence-corrected chi connectivity index (χ1v) is 8.14. The molecule has 5 heteroatoms. The maximum Gasteiger partial charge on any atom is 0.309 e. The number of rotatable bonds is 6. The number of carbonyl (C=O) groups excluding carboxylic acids is 2. The summed E-state index contributed by atoms with van der Waals surface area (Å²) in [6.07, 6.45) is 3.76. The Morgan fingerprint density at radius 1 is 1.40 bits per heavy atom. The van der Waals surface area contributed by atoms with Crippen LogP contribution in [0.1, 0.15) is 41.3 Å². The molecule has 3 N–H and O–H groups in total. The van der Waals surface area contributed by atoms with Gasteiger partial charge < -0.3 is 15.6 Å². The highest BCUT2D eigenvalue weighted by Crippen LogP contribution is 2.33. The number of aliphatic hydroxyl groups is 1. The lowest BCUT2D eigenvalue weighted by Gasteiger charge is -2.31. The molecule has 0 heterocycles. The smallest absolute Gasteiger partial charge is 0.309 e. The van der Waals surface area contributed by atoms with E-state index in [9.17, 15) is 14.7 Å². The third kappa shape index (κ3) is 4.25. The summed E-state index contributed by atoms with van der Waals surface area (Å²) in [6.45, 7) is 9.47. The van der Waals surface area contributed by atoms with E-state index in [4.69, 9.17) is 10.5 Å². The van der Waals surface area contributed by atoms with E-state index in [0.717, 1.165) is 16.7 Å². The van der Waals surface area contributed by atoms with Crippen LogP contribution >= 0.6 is 0 Å². The summed E-state index contributed by atoms with van der Waals surface area (Å²) in [5, 5.41) is 10.6. The first-order chi connectivity index (χ1) is 11.8. The summed E-state index contributed by atoms with van der Waals surface area (Å²) in [5.41, 5.74) is 7.10. The molecule has 0 bridgehead atoms. The Morgan fingerprint density at radius 2 is 2.12 bits per heavy atom. The third-order valence-electron chi connectivity index (χ3n) is 4.19. The molecule has 0 aliphatic heterocycles. The highest BCUT2D eigenvalue weighted by molar-refractivity contribution is 6.06. The van der Waals surface area contributed by atoms with Crippen LogP contribution in [0.5, 0.6) is 0 Å². The molecule has 0 spiro atoms. The number of Topliss-reactive ketones (excluding diaryl/α,β-unsaturated/α-hetero) is 1. The number of hydrogen-bond acceptors (Lipinski definition) is 5. The average molecular weight is 341 g/mol. The van der Waals surface area contributed by atoms with Crippen LogP contribution in [-0.2, 0) is 16.0 Å². The van der Waals surface area contributed by atoms with Gasteiger partial charge in [0.05, 0.1) is 13.0 Å². The van der Waals surface area contributed by atoms with Gasteiger partial charge in [0.2, 0.25) is 0 Å². The molecule has 1 aliphatic rings. The number of aryl methyl sites for hydroxylation is 1. The quantitative estimate of drug-likeness (QED) is 0.613. The van der Waals surface area contributed by atoms with Gasteiger partial charge in [-0.15, -0.1) is 0 Å². The van der Waals surface area contributed by atoms with Gasteiger partial charge in [-0.25, -0.2) is 0 Å². The number of ketones is 1. The Morgan fingerprint density at radius 3 is 2.76 bits per heavy atom. The van der Waals surface area contributed by atoms with E-state index in [1.807, 2.05) is 6.07 Å². The van der Waals surface area contributed by atoms with E-state index in [1.54, 1.807) is 31.2 Å². The van der Waals surface area contributed by atoms with Gasteiger partial charge in [-0.05, 0) is 42.5 Å². The standard InChI is InChI=1S/C20H23NO4/c1-4-25-18(22)12-20(24)10-9-16-11-15(7-8-17(16)19(20)23)13(2)5-6-14(3)21/h5-8,11,24H,2-4,9-10,12,21H2,1H3/b6-5-. The van der Waals surface area contributed by atoms with Crippen molar-refractivity contribution in [1.29, 1.82) is 0 Å². The molecule has 0 radical (unpaired) electrons. The summed E-state index contributed by atoms with van der Waals surface area (Å²) in [4.78, 5) is 24.3. The normalized spacial score (nSPS) is 19.5. The van der Waals surface area contributed by atoms with Gasteiger partial charge in [-0.2, -0.15) is 0 Å². The summed E-state index contributed by atoms with van der Waals surface area (Å²) >= 11 is 0. The fourth-order valence-electron chi connectivity index (χ4n) is 2.85. The zero-order valence-electron chi connectivity index (χ0n) is 14.4. The van der Waals surface area contributed by atoms with E-state index in [-0.39, 0.29) is 19.4 Å². The molecule has 1 aliphatic carbocycles. The third-order valence-corrected chi connectivity index (χ3v) is 4.19. The second kappa shape index (κ2) is 7.49. The molecule has 1 atom stereocenters. The fourth-order valence-corrected chi connectivity index (χ4v) is 2.85. The van der Waals surface area contributed by atoms with Crippen molar-refractivity contribution in [3.8, 4) is 0 Å². The number of benzene rings is 1. The Kier molecular flexibility index (Phi) is 5.59. The molecule has 1 unspecified atom stereocenters. The van der Waals surface area contributed by atoms with Crippen molar-refractivity contribution in [2.75, 3.05) is 6.61 Å². The minimum Gasteiger partial charge on any atom is -0.466 e. The van der Waals surface area contributed by atoms with Crippen molar-refractivity contribution in [3.63, 3.8) is 0 Å². The van der Waals surface area contributed by atoms with Crippen LogP contribution in [0.4, 0.5) is 0 Å². The van der Waals surface area contributed by atoms with Crippen LogP contribution in [0.2, 0.25) is 0 Å². The van der Waals surface area contributed by atoms with Crippen molar-refractivity contribution in [1.82, 2.24) is 0 Å². The van der Waals surface area contributed by atoms with E-state index in [0.29, 0.717) is 17.7 Å². The van der Waals surface area contributed by atoms with Gasteiger partial charge in [-0.1, -0.05) is 37.4 Å². The average Bonchev–Trinajstić information content (AvgIpc) is 2.56. The zero-order chi connectivity index (χ0) is 18.6. The van der Waals surface area contributed by atoms with Gasteiger partial charge in [0.15, 0.2) is 5.78 Å². The zero-order valence-corrected chi connectivity index (χ0v) is 14.4. The van der Waals surface area contributed by atoms with E-state index in [2.05, 4.69) is 13.2 Å². The van der Waals surface area contributed by atoms with Gasteiger partial charge in [-0.3, -0.25) is 9.59 Å². The number of fused-ring (bicyclic) bond motifs is 1. The maximum atomic E-state index is 12.7. The van der Waals surface area contributed by atoms with Crippen molar-refractivity contribution in [2.45, 2.75) is 31.8 Å². The molecule has 5 nitrogen and oxygen atoms in total. The molecule has 0 fully saturated rings. The largest absolute Gasteiger partial charge is 0.466 e. The first-order valence-electron chi connectivity index (χ1n) is 8.14. The van der Waals surface area contributed by atoms with Crippen molar-refractivity contribution in [2.24, 2.45) is 5.73 Å². The highest BCUT2D eigenvalue weighted by atomic mass is 16.5. The SMILES string of the molecule is C=C(N)/C=C\C(=C)c1ccc2c(c1)CCC(O)(CC(=O)OCC)C2=O. The predicted molar refractivity (Wildman–Crippen MR) is 96.8 cm³/mol. The molecule has 132 valence electrons. The van der Waals surface area contributed by atoms with Crippen LogP contribution in [0.15, 0.2) is 49.2 Å². The molecule has 25 heavy (non-hydrogen) atoms. The van der Waals surface area contributed by atoms with E-state index >= 15 is 0 Å². The molecule has 0 aromatic heterocycles. The lowest BCUT2D eigenvalue weighted by Crippen LogP contribution is -2.44. The molecule has 1 aromatic carbocycles. The number of nitrogens with two attached hydrogens (primary N) is 1. The number of esters is 1. The summed E-state index contributed by atoms with van der Waals surface area (Å²) in [6, 6.07) is 5.31. The van der Waals surface area contributed by atoms with Crippen LogP contribution < -0.4 is 5.73 Å². The molecule has 1 aromatic rings. The van der Waals surface area contributed by atoms with Gasteiger partial charge >= 0.3 is 5.97 Å². The lowest BCUT2D eigenvalue weighted by atomic mass is 9.77. The topological polar surface area (TPSA) is 89.6 Å². The van der Waals surface area contributed by atoms with Crippen molar-refractivity contribution < 1.29 is 19.4 Å². The van der Waals surface area contributed by atoms with Crippen molar-refractivity contribution >= 4 is 17.3 Å². The summed E-state index contributed by atoms with van der Waals surface area (Å²) in [7, 11) is 0. The number of hydrogen-bond donors (Lipinski definition) is 2. The Hall–Kier alpha value is -2.66. The maximum absolute atomic E-state index is 12.7. The predicted octanol–water partition coefficient (Wildman–Crippen LogP) is 2.54. The van der Waals surface area contributed by atoms with Crippen LogP contribution in [0, 0.1) is 0 Å². The van der Waals surface area contributed by atoms with Gasteiger partial charge in [0.1, 0.15) is 5.60 Å². The summed E-state index contributed by atoms with van der Waals surface area (Å²) in [5.74, 6) is -1.01. The second-order valence-electron chi connectivity index (χ2n) is 6.15. The van der Waals surface area contributed by atoms with Gasteiger partial charge in [0, 0.05) is 11.3 Å². The highest BCUT2D eigenvalue weighted by Gasteiger charge is 2.42. The minimum atomic E-state index is -1.70. The van der Waals surface area contributed by atoms with Gasteiger partial charge in [0.25, 0.3) is 0 Å². The van der Waals surface area contributed by atoms with Crippen LogP contribution in [0.25, 0.3) is 5.57 Å². The lowest BCUT2D eigenvalue weighted by molar-refractivity contribution is -0.147. The first kappa shape index (κ1) is 18.7. The molecule has 2 rings (SSSR count). The molecule has 0 saturated heterocycles. The number of carbonyl (C=O) groups is 2. The fraction of sp³-hybridized carbons (Fsp3) is 0.300. The van der Waals surface area contributed by atoms with Crippen molar-refractivity contribution in [3.05, 3.63) is 65.9 Å². The second-order valence-corrected chi connectivity index (χ2v) is 6.15. The molecular formula is C20H23NO4. The molecule has 0 saturated carbocycles. The number of allylic oxidation sites excluding steroid dienone is 3. The molecule has 0 amide bonds. The number of ether oxygens (including phenoxy) is 1. The Labute approximate surface area is 147 Å². The Bertz CT molecular complexity index is 763. The van der Waals surface area contributed by atoms with Crippen LogP contribution in [-0.4, -0.2) is 29.1 Å².